The van der Waals surface area contributed by atoms with Crippen LogP contribution in [0.3, 0.4) is 0 Å². The van der Waals surface area contributed by atoms with Gasteiger partial charge in [0.25, 0.3) is 0 Å². The van der Waals surface area contributed by atoms with Gasteiger partial charge in [-0.2, -0.15) is 0 Å². The van der Waals surface area contributed by atoms with Crippen LogP contribution < -0.4 is 11.5 Å². The van der Waals surface area contributed by atoms with E-state index in [1.165, 1.54) is 0 Å². The van der Waals surface area contributed by atoms with Crippen molar-refractivity contribution in [1.29, 1.82) is 0 Å². The minimum atomic E-state index is -0.403. The highest BCUT2D eigenvalue weighted by Gasteiger charge is 2.41. The first-order valence-electron chi connectivity index (χ1n) is 6.68. The minimum absolute atomic E-state index is 0.230. The van der Waals surface area contributed by atoms with Crippen molar-refractivity contribution in [2.24, 2.45) is 34.6 Å². The number of nitrogens with two attached hydrogens (primary N) is 2. The summed E-state index contributed by atoms with van der Waals surface area (Å²) >= 11 is 0. The SMILES string of the molecule is CC(C)CC(CC(N)=O)(CC(C)C)C(C)C(N)=O. The molecule has 0 aliphatic heterocycles. The predicted molar refractivity (Wildman–Crippen MR) is 73.5 cm³/mol. The third-order valence-electron chi connectivity index (χ3n) is 3.50. The molecular weight excluding hydrogens is 228 g/mol. The largest absolute Gasteiger partial charge is 0.370 e. The van der Waals surface area contributed by atoms with Crippen molar-refractivity contribution >= 4 is 11.8 Å². The van der Waals surface area contributed by atoms with Crippen molar-refractivity contribution in [3.05, 3.63) is 0 Å². The maximum atomic E-state index is 11.6. The molecule has 0 aliphatic rings. The molecule has 0 saturated carbocycles. The Labute approximate surface area is 110 Å². The summed E-state index contributed by atoms with van der Waals surface area (Å²) in [7, 11) is 0. The van der Waals surface area contributed by atoms with Gasteiger partial charge < -0.3 is 11.5 Å². The van der Waals surface area contributed by atoms with Crippen LogP contribution in [0.1, 0.15) is 53.9 Å². The molecule has 1 atom stereocenters. The van der Waals surface area contributed by atoms with Crippen molar-refractivity contribution in [1.82, 2.24) is 0 Å². The molecule has 0 fully saturated rings. The molecule has 0 bridgehead atoms. The van der Waals surface area contributed by atoms with E-state index in [1.807, 2.05) is 6.92 Å². The molecule has 0 aliphatic carbocycles. The van der Waals surface area contributed by atoms with Gasteiger partial charge in [0.15, 0.2) is 0 Å². The molecule has 4 heteroatoms. The summed E-state index contributed by atoms with van der Waals surface area (Å²) in [6.45, 7) is 10.2. The molecule has 0 saturated heterocycles. The minimum Gasteiger partial charge on any atom is -0.370 e. The Morgan fingerprint density at radius 2 is 1.33 bits per heavy atom. The van der Waals surface area contributed by atoms with Gasteiger partial charge in [-0.25, -0.2) is 0 Å². The van der Waals surface area contributed by atoms with Crippen LogP contribution in [0.25, 0.3) is 0 Å². The summed E-state index contributed by atoms with van der Waals surface area (Å²) in [6.07, 6.45) is 1.81. The van der Waals surface area contributed by atoms with E-state index in [0.29, 0.717) is 11.8 Å². The van der Waals surface area contributed by atoms with E-state index in [0.717, 1.165) is 12.8 Å². The van der Waals surface area contributed by atoms with Gasteiger partial charge in [0, 0.05) is 12.3 Å². The molecule has 0 heterocycles. The number of rotatable bonds is 8. The zero-order valence-electron chi connectivity index (χ0n) is 12.3. The van der Waals surface area contributed by atoms with E-state index in [9.17, 15) is 9.59 Å². The number of carbonyl (C=O) groups excluding carboxylic acids is 2. The lowest BCUT2D eigenvalue weighted by Crippen LogP contribution is -2.42. The van der Waals surface area contributed by atoms with Crippen LogP contribution >= 0.6 is 0 Å². The fourth-order valence-corrected chi connectivity index (χ4v) is 3.01. The van der Waals surface area contributed by atoms with Gasteiger partial charge in [-0.05, 0) is 30.1 Å². The highest BCUT2D eigenvalue weighted by Crippen LogP contribution is 2.43. The molecule has 106 valence electrons. The molecule has 0 rings (SSSR count). The van der Waals surface area contributed by atoms with Gasteiger partial charge in [0.1, 0.15) is 0 Å². The number of amides is 2. The first kappa shape index (κ1) is 16.9. The van der Waals surface area contributed by atoms with Crippen LogP contribution in [0.15, 0.2) is 0 Å². The standard InChI is InChI=1S/C14H28N2O2/c1-9(2)6-14(7-10(3)4,8-12(15)17)11(5)13(16)18/h9-11H,6-8H2,1-5H3,(H2,15,17)(H2,16,18). The molecule has 0 radical (unpaired) electrons. The third kappa shape index (κ3) is 5.07. The Kier molecular flexibility index (Phi) is 6.36. The summed E-state index contributed by atoms with van der Waals surface area (Å²) in [6, 6.07) is 0. The second-order valence-electron chi connectivity index (χ2n) is 6.33. The summed E-state index contributed by atoms with van der Waals surface area (Å²) < 4.78 is 0. The zero-order valence-corrected chi connectivity index (χ0v) is 12.3. The molecular formula is C14H28N2O2. The lowest BCUT2D eigenvalue weighted by molar-refractivity contribution is -0.129. The van der Waals surface area contributed by atoms with E-state index in [-0.39, 0.29) is 24.2 Å². The monoisotopic (exact) mass is 256 g/mol. The Morgan fingerprint density at radius 1 is 0.944 bits per heavy atom. The van der Waals surface area contributed by atoms with E-state index < -0.39 is 5.41 Å². The van der Waals surface area contributed by atoms with Crippen LogP contribution in [-0.4, -0.2) is 11.8 Å². The highest BCUT2D eigenvalue weighted by molar-refractivity contribution is 5.80. The van der Waals surface area contributed by atoms with Gasteiger partial charge in [-0.1, -0.05) is 34.6 Å². The smallest absolute Gasteiger partial charge is 0.220 e. The zero-order chi connectivity index (χ0) is 14.5. The van der Waals surface area contributed by atoms with Gasteiger partial charge in [-0.3, -0.25) is 9.59 Å². The van der Waals surface area contributed by atoms with Gasteiger partial charge >= 0.3 is 0 Å². The highest BCUT2D eigenvalue weighted by atomic mass is 16.1. The van der Waals surface area contributed by atoms with Crippen molar-refractivity contribution < 1.29 is 9.59 Å². The Balaban J connectivity index is 5.36. The first-order valence-corrected chi connectivity index (χ1v) is 6.68. The molecule has 0 aromatic rings. The lowest BCUT2D eigenvalue weighted by Gasteiger charge is -2.40. The molecule has 0 aromatic heterocycles. The average Bonchev–Trinajstić information content (AvgIpc) is 2.12. The summed E-state index contributed by atoms with van der Waals surface area (Å²) in [5.74, 6) is -0.258. The molecule has 0 spiro atoms. The number of carbonyl (C=O) groups is 2. The number of primary amides is 2. The number of hydrogen-bond donors (Lipinski definition) is 2. The van der Waals surface area contributed by atoms with Gasteiger partial charge in [0.2, 0.25) is 11.8 Å². The predicted octanol–water partition coefficient (Wildman–Crippen LogP) is 2.06. The van der Waals surface area contributed by atoms with E-state index >= 15 is 0 Å². The average molecular weight is 256 g/mol. The molecule has 4 nitrogen and oxygen atoms in total. The molecule has 18 heavy (non-hydrogen) atoms. The Morgan fingerprint density at radius 3 is 1.56 bits per heavy atom. The van der Waals surface area contributed by atoms with Crippen molar-refractivity contribution in [2.75, 3.05) is 0 Å². The van der Waals surface area contributed by atoms with Crippen LogP contribution in [0.2, 0.25) is 0 Å². The maximum Gasteiger partial charge on any atom is 0.220 e. The quantitative estimate of drug-likeness (QED) is 0.696. The van der Waals surface area contributed by atoms with Crippen molar-refractivity contribution in [3.63, 3.8) is 0 Å². The summed E-state index contributed by atoms with van der Waals surface area (Å²) in [4.78, 5) is 22.9. The van der Waals surface area contributed by atoms with Crippen LogP contribution in [0.5, 0.6) is 0 Å². The van der Waals surface area contributed by atoms with Crippen molar-refractivity contribution in [2.45, 2.75) is 53.9 Å². The Bertz CT molecular complexity index is 288. The molecule has 4 N–H and O–H groups in total. The van der Waals surface area contributed by atoms with Crippen LogP contribution in [0.4, 0.5) is 0 Å². The number of hydrogen-bond acceptors (Lipinski definition) is 2. The van der Waals surface area contributed by atoms with Crippen LogP contribution in [0, 0.1) is 23.2 Å². The second-order valence-corrected chi connectivity index (χ2v) is 6.33. The van der Waals surface area contributed by atoms with E-state index in [4.69, 9.17) is 11.5 Å². The van der Waals surface area contributed by atoms with Gasteiger partial charge in [0.05, 0.1) is 0 Å². The lowest BCUT2D eigenvalue weighted by atomic mass is 9.64. The normalized spacial score (nSPS) is 13.9. The molecule has 2 amide bonds. The Hall–Kier alpha value is -1.06. The topological polar surface area (TPSA) is 86.2 Å². The summed E-state index contributed by atoms with van der Waals surface area (Å²) in [5, 5.41) is 0. The van der Waals surface area contributed by atoms with E-state index in [1.54, 1.807) is 0 Å². The van der Waals surface area contributed by atoms with E-state index in [2.05, 4.69) is 27.7 Å². The second kappa shape index (κ2) is 6.76. The fraction of sp³-hybridized carbons (Fsp3) is 0.857. The van der Waals surface area contributed by atoms with Crippen LogP contribution in [-0.2, 0) is 9.59 Å². The first-order chi connectivity index (χ1) is 8.10. The summed E-state index contributed by atoms with van der Waals surface area (Å²) in [5.41, 5.74) is 10.4. The molecule has 1 unspecified atom stereocenters. The third-order valence-corrected chi connectivity index (χ3v) is 3.50. The van der Waals surface area contributed by atoms with Crippen molar-refractivity contribution in [3.8, 4) is 0 Å². The fourth-order valence-electron chi connectivity index (χ4n) is 3.01. The van der Waals surface area contributed by atoms with Gasteiger partial charge in [-0.15, -0.1) is 0 Å². The molecule has 0 aromatic carbocycles. The maximum absolute atomic E-state index is 11.6.